The van der Waals surface area contributed by atoms with Crippen LogP contribution in [0.1, 0.15) is 5.56 Å². The standard InChI is InChI=1S/C14H11Cl6N3O/c1-24-10-4-2-9(3-5-10)6-7-23-21-11(13(15,16)17)8-12(22-23)14(18,19)20/h2-8,21H,1H3. The van der Waals surface area contributed by atoms with Crippen molar-refractivity contribution in [3.05, 3.63) is 47.8 Å². The molecule has 0 spiro atoms. The molecule has 0 fully saturated rings. The van der Waals surface area contributed by atoms with Gasteiger partial charge in [-0.3, -0.25) is 5.43 Å². The fraction of sp³-hybridized carbons (Fsp3) is 0.214. The van der Waals surface area contributed by atoms with Crippen molar-refractivity contribution in [1.82, 2.24) is 10.5 Å². The van der Waals surface area contributed by atoms with Gasteiger partial charge in [0.25, 0.3) is 0 Å². The summed E-state index contributed by atoms with van der Waals surface area (Å²) in [7, 11) is 1.60. The van der Waals surface area contributed by atoms with E-state index in [2.05, 4.69) is 10.5 Å². The minimum atomic E-state index is -1.77. The summed E-state index contributed by atoms with van der Waals surface area (Å²) in [4.78, 5) is 0. The fourth-order valence-corrected chi connectivity index (χ4v) is 2.26. The van der Waals surface area contributed by atoms with Gasteiger partial charge in [0.05, 0.1) is 12.8 Å². The Labute approximate surface area is 169 Å². The molecule has 4 nitrogen and oxygen atoms in total. The van der Waals surface area contributed by atoms with Crippen LogP contribution in [0.25, 0.3) is 6.08 Å². The Balaban J connectivity index is 2.24. The van der Waals surface area contributed by atoms with E-state index in [9.17, 15) is 0 Å². The molecule has 0 aliphatic carbocycles. The van der Waals surface area contributed by atoms with Gasteiger partial charge in [-0.25, -0.2) is 0 Å². The second-order valence-corrected chi connectivity index (χ2v) is 9.15. The minimum Gasteiger partial charge on any atom is -0.497 e. The first-order valence-electron chi connectivity index (χ1n) is 6.42. The zero-order valence-electron chi connectivity index (χ0n) is 12.1. The monoisotopic (exact) mass is 447 g/mol. The molecule has 0 atom stereocenters. The van der Waals surface area contributed by atoms with E-state index in [1.165, 1.54) is 11.2 Å². The number of benzene rings is 1. The number of nitrogens with zero attached hydrogens (tertiary/aromatic N) is 2. The summed E-state index contributed by atoms with van der Waals surface area (Å²) in [5.41, 5.74) is 4.01. The van der Waals surface area contributed by atoms with E-state index in [0.717, 1.165) is 11.3 Å². The lowest BCUT2D eigenvalue weighted by molar-refractivity contribution is 0.314. The molecule has 1 heterocycles. The Morgan fingerprint density at radius 2 is 1.67 bits per heavy atom. The minimum absolute atomic E-state index is 0.104. The van der Waals surface area contributed by atoms with Crippen molar-refractivity contribution in [3.63, 3.8) is 0 Å². The quantitative estimate of drug-likeness (QED) is 0.622. The van der Waals surface area contributed by atoms with Crippen LogP contribution < -0.4 is 10.2 Å². The number of hydrazone groups is 1. The number of hydrazine groups is 1. The number of hydrogen-bond acceptors (Lipinski definition) is 4. The molecule has 0 amide bonds. The molecule has 1 aliphatic heterocycles. The van der Waals surface area contributed by atoms with E-state index in [-0.39, 0.29) is 11.4 Å². The van der Waals surface area contributed by atoms with Crippen molar-refractivity contribution >= 4 is 81.4 Å². The topological polar surface area (TPSA) is 36.9 Å². The molecule has 130 valence electrons. The number of nitrogens with one attached hydrogen (secondary N) is 1. The molecule has 1 aliphatic rings. The number of methoxy groups -OCH3 is 1. The molecule has 10 heteroatoms. The van der Waals surface area contributed by atoms with Gasteiger partial charge in [0, 0.05) is 6.20 Å². The van der Waals surface area contributed by atoms with Crippen LogP contribution in [0.2, 0.25) is 0 Å². The van der Waals surface area contributed by atoms with Gasteiger partial charge in [-0.2, -0.15) is 10.2 Å². The number of allylic oxidation sites excluding steroid dienone is 2. The Morgan fingerprint density at radius 3 is 2.17 bits per heavy atom. The van der Waals surface area contributed by atoms with Crippen LogP contribution in [0.4, 0.5) is 0 Å². The Bertz CT molecular complexity index is 673. The second kappa shape index (κ2) is 7.81. The molecule has 0 bridgehead atoms. The highest BCUT2D eigenvalue weighted by molar-refractivity contribution is 6.78. The zero-order chi connectivity index (χ0) is 18.0. The molecule has 24 heavy (non-hydrogen) atoms. The van der Waals surface area contributed by atoms with E-state index >= 15 is 0 Å². The van der Waals surface area contributed by atoms with Crippen LogP contribution in [0.3, 0.4) is 0 Å². The first-order valence-corrected chi connectivity index (χ1v) is 8.69. The zero-order valence-corrected chi connectivity index (χ0v) is 16.6. The maximum atomic E-state index is 5.89. The summed E-state index contributed by atoms with van der Waals surface area (Å²) in [6.07, 6.45) is 4.74. The van der Waals surface area contributed by atoms with Gasteiger partial charge in [-0.05, 0) is 29.8 Å². The van der Waals surface area contributed by atoms with Crippen LogP contribution in [0.15, 0.2) is 47.3 Å². The number of halogens is 6. The fourth-order valence-electron chi connectivity index (χ4n) is 1.69. The molecule has 1 N–H and O–H groups in total. The lowest BCUT2D eigenvalue weighted by atomic mass is 10.2. The molecule has 0 aromatic heterocycles. The third kappa shape index (κ3) is 5.51. The van der Waals surface area contributed by atoms with Crippen molar-refractivity contribution in [2.24, 2.45) is 5.10 Å². The van der Waals surface area contributed by atoms with E-state index in [0.29, 0.717) is 0 Å². The first kappa shape index (κ1) is 19.8. The largest absolute Gasteiger partial charge is 0.497 e. The molecular formula is C14H11Cl6N3O. The second-order valence-electron chi connectivity index (χ2n) is 4.58. The molecule has 2 rings (SSSR count). The summed E-state index contributed by atoms with van der Waals surface area (Å²) in [6.45, 7) is 0. The highest BCUT2D eigenvalue weighted by atomic mass is 35.6. The summed E-state index contributed by atoms with van der Waals surface area (Å²) < 4.78 is 1.60. The maximum absolute atomic E-state index is 5.89. The average molecular weight is 450 g/mol. The number of ether oxygens (including phenoxy) is 1. The number of rotatable bonds is 3. The van der Waals surface area contributed by atoms with Crippen molar-refractivity contribution in [3.8, 4) is 5.75 Å². The van der Waals surface area contributed by atoms with Crippen LogP contribution in [0.5, 0.6) is 5.75 Å². The third-order valence-electron chi connectivity index (χ3n) is 2.85. The lowest BCUT2D eigenvalue weighted by Gasteiger charge is -2.29. The molecule has 0 radical (unpaired) electrons. The van der Waals surface area contributed by atoms with Gasteiger partial charge in [-0.15, -0.1) is 0 Å². The highest BCUT2D eigenvalue weighted by Gasteiger charge is 2.35. The molecule has 0 saturated heterocycles. The van der Waals surface area contributed by atoms with Gasteiger partial charge in [-0.1, -0.05) is 81.7 Å². The van der Waals surface area contributed by atoms with E-state index in [1.54, 1.807) is 19.4 Å². The Kier molecular flexibility index (Phi) is 6.46. The predicted molar refractivity (Wildman–Crippen MR) is 103 cm³/mol. The third-order valence-corrected chi connectivity index (χ3v) is 4.04. The summed E-state index contributed by atoms with van der Waals surface area (Å²) in [6, 6.07) is 7.38. The van der Waals surface area contributed by atoms with Crippen molar-refractivity contribution in [1.29, 1.82) is 0 Å². The first-order chi connectivity index (χ1) is 11.1. The summed E-state index contributed by atoms with van der Waals surface area (Å²) >= 11 is 35.3. The molecule has 1 aromatic rings. The van der Waals surface area contributed by atoms with Gasteiger partial charge in [0.2, 0.25) is 7.59 Å². The summed E-state index contributed by atoms with van der Waals surface area (Å²) in [5, 5.41) is 5.44. The molecule has 0 unspecified atom stereocenters. The van der Waals surface area contributed by atoms with Crippen molar-refractivity contribution in [2.75, 3.05) is 7.11 Å². The van der Waals surface area contributed by atoms with Crippen LogP contribution in [-0.2, 0) is 0 Å². The van der Waals surface area contributed by atoms with Crippen LogP contribution in [-0.4, -0.2) is 25.5 Å². The number of hydrogen-bond donors (Lipinski definition) is 1. The Morgan fingerprint density at radius 1 is 1.04 bits per heavy atom. The van der Waals surface area contributed by atoms with Gasteiger partial charge >= 0.3 is 0 Å². The predicted octanol–water partition coefficient (Wildman–Crippen LogP) is 5.47. The van der Waals surface area contributed by atoms with Crippen molar-refractivity contribution in [2.45, 2.75) is 7.59 Å². The van der Waals surface area contributed by atoms with E-state index in [4.69, 9.17) is 74.3 Å². The van der Waals surface area contributed by atoms with Crippen LogP contribution >= 0.6 is 69.6 Å². The number of alkyl halides is 6. The van der Waals surface area contributed by atoms with E-state index in [1.807, 2.05) is 24.3 Å². The SMILES string of the molecule is COc1ccc(C=CN2N=C(C(Cl)(Cl)Cl)C=C(C(Cl)(Cl)Cl)N2)cc1. The van der Waals surface area contributed by atoms with Crippen molar-refractivity contribution < 1.29 is 4.74 Å². The maximum Gasteiger partial charge on any atom is 0.234 e. The van der Waals surface area contributed by atoms with Crippen LogP contribution in [0, 0.1) is 0 Å². The van der Waals surface area contributed by atoms with E-state index < -0.39 is 7.59 Å². The highest BCUT2D eigenvalue weighted by Crippen LogP contribution is 2.37. The van der Waals surface area contributed by atoms with Gasteiger partial charge in [0.15, 0.2) is 0 Å². The van der Waals surface area contributed by atoms with Gasteiger partial charge in [0.1, 0.15) is 11.5 Å². The normalized spacial score (nSPS) is 15.9. The average Bonchev–Trinajstić information content (AvgIpc) is 2.51. The smallest absolute Gasteiger partial charge is 0.234 e. The molecule has 1 aromatic carbocycles. The lowest BCUT2D eigenvalue weighted by Crippen LogP contribution is -2.40. The molecular weight excluding hydrogens is 439 g/mol. The Hall–Kier alpha value is -0.490. The molecule has 0 saturated carbocycles. The summed E-state index contributed by atoms with van der Waals surface area (Å²) in [5.74, 6) is 0.751. The van der Waals surface area contributed by atoms with Gasteiger partial charge < -0.3 is 4.74 Å².